The molecule has 0 N–H and O–H groups in total. The van der Waals surface area contributed by atoms with E-state index in [0.717, 1.165) is 12.1 Å². The number of amides is 1. The molecule has 3 aliphatic heterocycles. The Morgan fingerprint density at radius 2 is 2.16 bits per heavy atom. The van der Waals surface area contributed by atoms with Gasteiger partial charge in [0.25, 0.3) is 0 Å². The summed E-state index contributed by atoms with van der Waals surface area (Å²) in [5, 5.41) is 0. The highest BCUT2D eigenvalue weighted by Crippen LogP contribution is 2.53. The second kappa shape index (κ2) is 5.08. The highest BCUT2D eigenvalue weighted by molar-refractivity contribution is 6.02. The average Bonchev–Trinajstić information content (AvgIpc) is 3.22. The lowest BCUT2D eigenvalue weighted by molar-refractivity contribution is -0.149. The van der Waals surface area contributed by atoms with E-state index in [1.165, 1.54) is 24.1 Å². The van der Waals surface area contributed by atoms with E-state index >= 15 is 0 Å². The Morgan fingerprint density at radius 3 is 2.84 bits per heavy atom. The van der Waals surface area contributed by atoms with E-state index in [4.69, 9.17) is 9.47 Å². The molecule has 5 nitrogen and oxygen atoms in total. The first-order valence-corrected chi connectivity index (χ1v) is 7.70. The maximum atomic E-state index is 12.9. The van der Waals surface area contributed by atoms with Crippen LogP contribution in [-0.4, -0.2) is 37.2 Å². The third-order valence-corrected chi connectivity index (χ3v) is 5.06. The van der Waals surface area contributed by atoms with Gasteiger partial charge in [0.1, 0.15) is 11.5 Å². The molecule has 1 spiro atoms. The minimum Gasteiger partial charge on any atom is -0.469 e. The van der Waals surface area contributed by atoms with Crippen LogP contribution in [0.2, 0.25) is 0 Å². The fourth-order valence-electron chi connectivity index (χ4n) is 3.97. The third-order valence-electron chi connectivity index (χ3n) is 5.06. The Bertz CT molecular complexity index is 790. The molecule has 1 amide bonds. The smallest absolute Gasteiger partial charge is 0.416 e. The molecule has 8 heteroatoms. The van der Waals surface area contributed by atoms with Crippen LogP contribution in [0, 0.1) is 11.8 Å². The van der Waals surface area contributed by atoms with Crippen LogP contribution >= 0.6 is 0 Å². The third kappa shape index (κ3) is 2.20. The number of rotatable bonds is 2. The number of methoxy groups -OCH3 is 1. The van der Waals surface area contributed by atoms with E-state index in [2.05, 4.69) is 0 Å². The van der Waals surface area contributed by atoms with Gasteiger partial charge in [0.15, 0.2) is 0 Å². The summed E-state index contributed by atoms with van der Waals surface area (Å²) < 4.78 is 49.4. The molecule has 2 saturated heterocycles. The fourth-order valence-corrected chi connectivity index (χ4v) is 3.97. The maximum absolute atomic E-state index is 12.9. The monoisotopic (exact) mass is 353 g/mol. The first kappa shape index (κ1) is 16.1. The van der Waals surface area contributed by atoms with Gasteiger partial charge in [-0.2, -0.15) is 13.2 Å². The minimum atomic E-state index is -4.50. The Kier molecular flexibility index (Phi) is 3.28. The van der Waals surface area contributed by atoms with Crippen LogP contribution in [0.25, 0.3) is 0 Å². The van der Waals surface area contributed by atoms with Gasteiger partial charge in [0.2, 0.25) is 5.91 Å². The number of benzene rings is 1. The minimum absolute atomic E-state index is 0.0678. The fraction of sp³-hybridized carbons (Fsp3) is 0.412. The summed E-state index contributed by atoms with van der Waals surface area (Å²) in [4.78, 5) is 26.2. The molecule has 0 aromatic heterocycles. The van der Waals surface area contributed by atoms with Crippen LogP contribution in [-0.2, 0) is 25.2 Å². The van der Waals surface area contributed by atoms with Gasteiger partial charge >= 0.3 is 12.1 Å². The summed E-state index contributed by atoms with van der Waals surface area (Å²) in [6, 6.07) is 4.57. The lowest BCUT2D eigenvalue weighted by Crippen LogP contribution is -2.39. The molecule has 3 aliphatic rings. The SMILES string of the molecule is COC(=O)[C@H]1[C@H]2C=C[C@@]3(CN(c4cccc(C(F)(F)F)c4)C(=O)[C@@H]13)O2. The van der Waals surface area contributed by atoms with Crippen LogP contribution in [0.1, 0.15) is 5.56 Å². The van der Waals surface area contributed by atoms with Crippen molar-refractivity contribution in [2.45, 2.75) is 17.9 Å². The molecule has 2 bridgehead atoms. The van der Waals surface area contributed by atoms with Crippen molar-refractivity contribution in [1.29, 1.82) is 0 Å². The van der Waals surface area contributed by atoms with Crippen molar-refractivity contribution in [3.8, 4) is 0 Å². The molecule has 132 valence electrons. The van der Waals surface area contributed by atoms with Crippen molar-refractivity contribution in [3.05, 3.63) is 42.0 Å². The summed E-state index contributed by atoms with van der Waals surface area (Å²) in [7, 11) is 1.23. The molecule has 3 heterocycles. The standard InChI is InChI=1S/C17H14F3NO4/c1-24-15(23)12-11-5-6-16(25-11)8-21(14(22)13(12)16)10-4-2-3-9(7-10)17(18,19)20/h2-7,11-13H,8H2,1H3/t11-,12+,13-,16+/m1/s1. The van der Waals surface area contributed by atoms with Crippen molar-refractivity contribution in [2.75, 3.05) is 18.6 Å². The molecule has 1 aromatic rings. The van der Waals surface area contributed by atoms with Crippen molar-refractivity contribution < 1.29 is 32.2 Å². The number of carbonyl (C=O) groups is 2. The number of anilines is 1. The summed E-state index contributed by atoms with van der Waals surface area (Å²) in [6.45, 7) is 0.0678. The lowest BCUT2D eigenvalue weighted by Gasteiger charge is -2.22. The van der Waals surface area contributed by atoms with Gasteiger partial charge in [0, 0.05) is 5.69 Å². The number of nitrogens with zero attached hydrogens (tertiary/aromatic N) is 1. The van der Waals surface area contributed by atoms with Gasteiger partial charge in [-0.15, -0.1) is 0 Å². The van der Waals surface area contributed by atoms with E-state index in [0.29, 0.717) is 0 Å². The highest BCUT2D eigenvalue weighted by atomic mass is 19.4. The Morgan fingerprint density at radius 1 is 1.40 bits per heavy atom. The predicted molar refractivity (Wildman–Crippen MR) is 79.5 cm³/mol. The number of esters is 1. The Labute approximate surface area is 141 Å². The molecular weight excluding hydrogens is 339 g/mol. The summed E-state index contributed by atoms with van der Waals surface area (Å²) in [5.74, 6) is -2.55. The number of fused-ring (bicyclic) bond motifs is 1. The molecule has 1 aromatic carbocycles. The number of hydrogen-bond acceptors (Lipinski definition) is 4. The van der Waals surface area contributed by atoms with E-state index in [1.54, 1.807) is 12.2 Å². The zero-order chi connectivity index (χ0) is 18.0. The zero-order valence-corrected chi connectivity index (χ0v) is 13.1. The molecular formula is C17H14F3NO4. The molecule has 0 radical (unpaired) electrons. The lowest BCUT2D eigenvalue weighted by atomic mass is 9.77. The molecule has 0 saturated carbocycles. The van der Waals surface area contributed by atoms with E-state index in [-0.39, 0.29) is 12.2 Å². The van der Waals surface area contributed by atoms with E-state index < -0.39 is 47.2 Å². The van der Waals surface area contributed by atoms with Crippen LogP contribution in [0.4, 0.5) is 18.9 Å². The first-order valence-electron chi connectivity index (χ1n) is 7.70. The van der Waals surface area contributed by atoms with Gasteiger partial charge in [0.05, 0.1) is 31.2 Å². The zero-order valence-electron chi connectivity index (χ0n) is 13.1. The predicted octanol–water partition coefficient (Wildman–Crippen LogP) is 2.16. The van der Waals surface area contributed by atoms with Crippen molar-refractivity contribution in [1.82, 2.24) is 0 Å². The van der Waals surface area contributed by atoms with Crippen LogP contribution in [0.15, 0.2) is 36.4 Å². The summed E-state index contributed by atoms with van der Waals surface area (Å²) in [5.41, 5.74) is -1.69. The average molecular weight is 353 g/mol. The number of halogens is 3. The molecule has 2 fully saturated rings. The van der Waals surface area contributed by atoms with Gasteiger partial charge in [-0.3, -0.25) is 9.59 Å². The Balaban J connectivity index is 1.71. The number of hydrogen-bond donors (Lipinski definition) is 0. The van der Waals surface area contributed by atoms with Gasteiger partial charge < -0.3 is 14.4 Å². The number of alkyl halides is 3. The van der Waals surface area contributed by atoms with Gasteiger partial charge in [-0.1, -0.05) is 18.2 Å². The van der Waals surface area contributed by atoms with Crippen molar-refractivity contribution in [3.63, 3.8) is 0 Å². The second-order valence-corrected chi connectivity index (χ2v) is 6.40. The van der Waals surface area contributed by atoms with Crippen molar-refractivity contribution >= 4 is 17.6 Å². The summed E-state index contributed by atoms with van der Waals surface area (Å²) >= 11 is 0. The van der Waals surface area contributed by atoms with Gasteiger partial charge in [-0.05, 0) is 18.2 Å². The number of ether oxygens (including phenoxy) is 2. The van der Waals surface area contributed by atoms with Crippen LogP contribution in [0.3, 0.4) is 0 Å². The second-order valence-electron chi connectivity index (χ2n) is 6.40. The molecule has 0 unspecified atom stereocenters. The molecule has 0 aliphatic carbocycles. The molecule has 4 atom stereocenters. The first-order chi connectivity index (χ1) is 11.8. The largest absolute Gasteiger partial charge is 0.469 e. The maximum Gasteiger partial charge on any atom is 0.416 e. The number of carbonyl (C=O) groups excluding carboxylic acids is 2. The van der Waals surface area contributed by atoms with Gasteiger partial charge in [-0.25, -0.2) is 0 Å². The van der Waals surface area contributed by atoms with Crippen LogP contribution < -0.4 is 4.90 Å². The molecule has 25 heavy (non-hydrogen) atoms. The van der Waals surface area contributed by atoms with E-state index in [9.17, 15) is 22.8 Å². The quantitative estimate of drug-likeness (QED) is 0.604. The summed E-state index contributed by atoms with van der Waals surface area (Å²) in [6.07, 6.45) is -1.60. The van der Waals surface area contributed by atoms with Crippen molar-refractivity contribution in [2.24, 2.45) is 11.8 Å². The highest BCUT2D eigenvalue weighted by Gasteiger charge is 2.67. The van der Waals surface area contributed by atoms with E-state index in [1.807, 2.05) is 0 Å². The molecule has 4 rings (SSSR count). The topological polar surface area (TPSA) is 55.8 Å². The Hall–Kier alpha value is -2.35. The normalized spacial score (nSPS) is 33.0. The van der Waals surface area contributed by atoms with Crippen LogP contribution in [0.5, 0.6) is 0 Å².